The molecule has 0 unspecified atom stereocenters. The van der Waals surface area contributed by atoms with Crippen molar-refractivity contribution < 1.29 is 22.8 Å². The van der Waals surface area contributed by atoms with E-state index in [4.69, 9.17) is 12.2 Å². The Balaban J connectivity index is 1.56. The maximum atomic E-state index is 13.0. The van der Waals surface area contributed by atoms with Crippen molar-refractivity contribution in [1.82, 2.24) is 4.90 Å². The number of rotatable bonds is 6. The predicted octanol–water partition coefficient (Wildman–Crippen LogP) is 6.09. The van der Waals surface area contributed by atoms with Crippen LogP contribution in [0.3, 0.4) is 0 Å². The van der Waals surface area contributed by atoms with Crippen molar-refractivity contribution in [2.24, 2.45) is 0 Å². The summed E-state index contributed by atoms with van der Waals surface area (Å²) >= 11 is 9.80. The molecule has 3 rings (SSSR count). The van der Waals surface area contributed by atoms with Crippen molar-refractivity contribution in [3.63, 3.8) is 0 Å². The topological polar surface area (TPSA) is 49.4 Å². The molecule has 0 bridgehead atoms. The second-order valence-electron chi connectivity index (χ2n) is 6.58. The van der Waals surface area contributed by atoms with Crippen molar-refractivity contribution in [2.45, 2.75) is 19.0 Å². The molecule has 10 heteroatoms. The smallest absolute Gasteiger partial charge is 0.326 e. The van der Waals surface area contributed by atoms with Crippen LogP contribution in [0.5, 0.6) is 0 Å². The predicted molar refractivity (Wildman–Crippen MR) is 123 cm³/mol. The third kappa shape index (κ3) is 6.18. The highest BCUT2D eigenvalue weighted by Gasteiger charge is 2.34. The molecule has 0 aromatic heterocycles. The molecule has 2 aromatic carbocycles. The Hall–Kier alpha value is -2.17. The Labute approximate surface area is 195 Å². The summed E-state index contributed by atoms with van der Waals surface area (Å²) in [5.74, 6) is -0.812. The monoisotopic (exact) mass is 528 g/mol. The Morgan fingerprint density at radius 2 is 1.84 bits per heavy atom. The molecule has 0 radical (unpaired) electrons. The fourth-order valence-corrected chi connectivity index (χ4v) is 4.43. The zero-order valence-electron chi connectivity index (χ0n) is 15.9. The van der Waals surface area contributed by atoms with Gasteiger partial charge in [-0.1, -0.05) is 64.2 Å². The van der Waals surface area contributed by atoms with E-state index in [1.807, 2.05) is 24.3 Å². The van der Waals surface area contributed by atoms with Gasteiger partial charge in [0.05, 0.1) is 16.2 Å². The largest absolute Gasteiger partial charge is 0.418 e. The van der Waals surface area contributed by atoms with E-state index in [1.54, 1.807) is 6.08 Å². The zero-order chi connectivity index (χ0) is 22.6. The number of carbonyl (C=O) groups is 2. The lowest BCUT2D eigenvalue weighted by molar-refractivity contribution is -0.137. The number of hydrogen-bond donors (Lipinski definition) is 1. The molecular formula is C21H16BrF3N2O2S2. The number of nitrogens with one attached hydrogen (secondary N) is 1. The first-order valence-corrected chi connectivity index (χ1v) is 11.1. The highest BCUT2D eigenvalue weighted by atomic mass is 79.9. The van der Waals surface area contributed by atoms with E-state index in [2.05, 4.69) is 21.2 Å². The van der Waals surface area contributed by atoms with Crippen LogP contribution < -0.4 is 5.32 Å². The second kappa shape index (κ2) is 9.97. The van der Waals surface area contributed by atoms with Crippen LogP contribution in [-0.2, 0) is 15.8 Å². The number of alkyl halides is 3. The van der Waals surface area contributed by atoms with E-state index in [-0.39, 0.29) is 31.0 Å². The van der Waals surface area contributed by atoms with Crippen molar-refractivity contribution in [2.75, 3.05) is 11.9 Å². The molecule has 2 amide bonds. The maximum absolute atomic E-state index is 13.0. The van der Waals surface area contributed by atoms with Crippen LogP contribution in [0.2, 0.25) is 0 Å². The van der Waals surface area contributed by atoms with E-state index in [9.17, 15) is 22.8 Å². The van der Waals surface area contributed by atoms with E-state index < -0.39 is 17.6 Å². The summed E-state index contributed by atoms with van der Waals surface area (Å²) in [5, 5.41) is 2.30. The van der Waals surface area contributed by atoms with Gasteiger partial charge < -0.3 is 5.32 Å². The van der Waals surface area contributed by atoms with E-state index in [0.29, 0.717) is 9.23 Å². The number of thiocarbonyl (C=S) groups is 1. The molecular weight excluding hydrogens is 513 g/mol. The number of hydrogen-bond acceptors (Lipinski definition) is 4. The first-order valence-electron chi connectivity index (χ1n) is 9.12. The Morgan fingerprint density at radius 3 is 2.52 bits per heavy atom. The summed E-state index contributed by atoms with van der Waals surface area (Å²) in [7, 11) is 0. The Morgan fingerprint density at radius 1 is 1.16 bits per heavy atom. The molecule has 1 heterocycles. The molecule has 0 atom stereocenters. The van der Waals surface area contributed by atoms with Gasteiger partial charge in [-0.05, 0) is 42.3 Å². The van der Waals surface area contributed by atoms with Gasteiger partial charge in [0.25, 0.3) is 5.91 Å². The number of carbonyl (C=O) groups excluding carboxylic acids is 2. The first kappa shape index (κ1) is 23.5. The Kier molecular flexibility index (Phi) is 7.55. The molecule has 1 saturated heterocycles. The number of para-hydroxylation sites is 1. The lowest BCUT2D eigenvalue weighted by Gasteiger charge is -2.15. The molecule has 31 heavy (non-hydrogen) atoms. The fourth-order valence-electron chi connectivity index (χ4n) is 2.85. The molecule has 0 aliphatic carbocycles. The van der Waals surface area contributed by atoms with E-state index in [1.165, 1.54) is 34.9 Å². The molecule has 1 aliphatic rings. The average molecular weight is 529 g/mol. The van der Waals surface area contributed by atoms with Gasteiger partial charge in [0.15, 0.2) is 0 Å². The van der Waals surface area contributed by atoms with Crippen LogP contribution in [0.15, 0.2) is 57.9 Å². The number of anilines is 1. The lowest BCUT2D eigenvalue weighted by Crippen LogP contribution is -2.29. The molecule has 162 valence electrons. The van der Waals surface area contributed by atoms with Crippen LogP contribution in [0.1, 0.15) is 24.0 Å². The van der Waals surface area contributed by atoms with Gasteiger partial charge in [-0.15, -0.1) is 0 Å². The average Bonchev–Trinajstić information content (AvgIpc) is 2.96. The highest BCUT2D eigenvalue weighted by molar-refractivity contribution is 9.10. The first-order chi connectivity index (χ1) is 14.6. The zero-order valence-corrected chi connectivity index (χ0v) is 19.1. The van der Waals surface area contributed by atoms with E-state index >= 15 is 0 Å². The molecule has 0 saturated carbocycles. The standard InChI is InChI=1S/C21H16BrF3N2O2S2/c22-14-9-7-13(8-10-14)12-17-19(29)27(20(30)31-17)11-3-6-18(28)26-16-5-2-1-4-15(16)21(23,24)25/h1-2,4-5,7-10,12H,3,6,11H2,(H,26,28)/b17-12-. The summed E-state index contributed by atoms with van der Waals surface area (Å²) < 4.78 is 40.4. The van der Waals surface area contributed by atoms with Crippen molar-refractivity contribution in [3.8, 4) is 0 Å². The third-order valence-corrected chi connectivity index (χ3v) is 6.24. The van der Waals surface area contributed by atoms with Gasteiger partial charge in [-0.25, -0.2) is 0 Å². The van der Waals surface area contributed by atoms with Crippen LogP contribution in [0, 0.1) is 0 Å². The molecule has 4 nitrogen and oxygen atoms in total. The van der Waals surface area contributed by atoms with Crippen molar-refractivity contribution >= 4 is 67.8 Å². The summed E-state index contributed by atoms with van der Waals surface area (Å²) in [6, 6.07) is 12.2. The summed E-state index contributed by atoms with van der Waals surface area (Å²) in [6.45, 7) is 0.205. The summed E-state index contributed by atoms with van der Waals surface area (Å²) in [6.07, 6.45) is -2.60. The minimum absolute atomic E-state index is 0.0466. The van der Waals surface area contributed by atoms with Crippen LogP contribution in [-0.4, -0.2) is 27.6 Å². The number of thioether (sulfide) groups is 1. The highest BCUT2D eigenvalue weighted by Crippen LogP contribution is 2.35. The minimum Gasteiger partial charge on any atom is -0.326 e. The van der Waals surface area contributed by atoms with Crippen molar-refractivity contribution in [1.29, 1.82) is 0 Å². The number of nitrogens with zero attached hydrogens (tertiary/aromatic N) is 1. The fraction of sp³-hybridized carbons (Fsp3) is 0.190. The quantitative estimate of drug-likeness (QED) is 0.364. The second-order valence-corrected chi connectivity index (χ2v) is 9.17. The van der Waals surface area contributed by atoms with Gasteiger partial charge in [0.2, 0.25) is 5.91 Å². The van der Waals surface area contributed by atoms with Gasteiger partial charge in [-0.3, -0.25) is 14.5 Å². The molecule has 1 aliphatic heterocycles. The van der Waals surface area contributed by atoms with Gasteiger partial charge in [0.1, 0.15) is 4.32 Å². The normalized spacial score (nSPS) is 15.6. The number of halogens is 4. The summed E-state index contributed by atoms with van der Waals surface area (Å²) in [5.41, 5.74) is -0.340. The number of benzene rings is 2. The SMILES string of the molecule is O=C(CCCN1C(=O)/C(=C/c2ccc(Br)cc2)SC1=S)Nc1ccccc1C(F)(F)F. The van der Waals surface area contributed by atoms with Crippen LogP contribution in [0.4, 0.5) is 18.9 Å². The third-order valence-electron chi connectivity index (χ3n) is 4.33. The number of amides is 2. The molecule has 2 aromatic rings. The molecule has 1 fully saturated rings. The minimum atomic E-state index is -4.56. The lowest BCUT2D eigenvalue weighted by atomic mass is 10.1. The maximum Gasteiger partial charge on any atom is 0.418 e. The van der Waals surface area contributed by atoms with Gasteiger partial charge in [-0.2, -0.15) is 13.2 Å². The van der Waals surface area contributed by atoms with Crippen LogP contribution in [0.25, 0.3) is 6.08 Å². The molecule has 0 spiro atoms. The molecule has 1 N–H and O–H groups in total. The Bertz CT molecular complexity index is 1040. The van der Waals surface area contributed by atoms with Crippen molar-refractivity contribution in [3.05, 3.63) is 69.0 Å². The summed E-state index contributed by atoms with van der Waals surface area (Å²) in [4.78, 5) is 26.6. The van der Waals surface area contributed by atoms with Gasteiger partial charge >= 0.3 is 6.18 Å². The van der Waals surface area contributed by atoms with Gasteiger partial charge in [0, 0.05) is 17.4 Å². The van der Waals surface area contributed by atoms with E-state index in [0.717, 1.165) is 16.1 Å². The van der Waals surface area contributed by atoms with Crippen LogP contribution >= 0.6 is 39.9 Å².